The van der Waals surface area contributed by atoms with E-state index in [9.17, 15) is 9.59 Å². The molecule has 7 heteroatoms. The van der Waals surface area contributed by atoms with Crippen molar-refractivity contribution in [1.29, 1.82) is 0 Å². The molecule has 0 aliphatic heterocycles. The topological polar surface area (TPSA) is 94.6 Å². The molecular weight excluding hydrogens is 272 g/mol. The maximum Gasteiger partial charge on any atom is 0.356 e. The van der Waals surface area contributed by atoms with Crippen molar-refractivity contribution in [2.45, 2.75) is 26.8 Å². The van der Waals surface area contributed by atoms with Crippen molar-refractivity contribution in [3.05, 3.63) is 24.0 Å². The smallest absolute Gasteiger partial charge is 0.356 e. The van der Waals surface area contributed by atoms with Gasteiger partial charge in [-0.1, -0.05) is 13.8 Å². The van der Waals surface area contributed by atoms with Crippen molar-refractivity contribution < 1.29 is 14.7 Å². The molecule has 7 nitrogen and oxygen atoms in total. The Morgan fingerprint density at radius 3 is 2.62 bits per heavy atom. The average molecular weight is 294 g/mol. The number of anilines is 1. The van der Waals surface area contributed by atoms with Crippen LogP contribution in [0.3, 0.4) is 0 Å². The summed E-state index contributed by atoms with van der Waals surface area (Å²) < 4.78 is 0. The highest BCUT2D eigenvalue weighted by molar-refractivity contribution is 5.98. The van der Waals surface area contributed by atoms with E-state index in [1.54, 1.807) is 6.07 Å². The lowest BCUT2D eigenvalue weighted by Gasteiger charge is -2.23. The second-order valence-electron chi connectivity index (χ2n) is 4.69. The summed E-state index contributed by atoms with van der Waals surface area (Å²) in [7, 11) is 0. The van der Waals surface area contributed by atoms with Crippen LogP contribution in [0.25, 0.3) is 0 Å². The predicted molar refractivity (Wildman–Crippen MR) is 80.6 cm³/mol. The Labute approximate surface area is 124 Å². The van der Waals surface area contributed by atoms with Gasteiger partial charge in [-0.25, -0.2) is 14.6 Å². The molecule has 0 aromatic carbocycles. The molecule has 1 aromatic rings. The van der Waals surface area contributed by atoms with E-state index in [0.29, 0.717) is 0 Å². The van der Waals surface area contributed by atoms with Gasteiger partial charge in [0.25, 0.3) is 0 Å². The molecule has 1 heterocycles. The van der Waals surface area contributed by atoms with E-state index < -0.39 is 12.0 Å². The minimum absolute atomic E-state index is 0.0464. The summed E-state index contributed by atoms with van der Waals surface area (Å²) in [5, 5.41) is 14.3. The van der Waals surface area contributed by atoms with Gasteiger partial charge in [0.2, 0.25) is 0 Å². The third-order valence-corrected chi connectivity index (χ3v) is 3.06. The zero-order valence-corrected chi connectivity index (χ0v) is 12.6. The fraction of sp³-hybridized carbons (Fsp3) is 0.500. The number of aromatic nitrogens is 1. The Morgan fingerprint density at radius 1 is 1.38 bits per heavy atom. The number of carbonyl (C=O) groups is 2. The summed E-state index contributed by atoms with van der Waals surface area (Å²) in [6.45, 7) is 8.58. The summed E-state index contributed by atoms with van der Waals surface area (Å²) >= 11 is 0. The summed E-state index contributed by atoms with van der Waals surface area (Å²) in [6.07, 6.45) is 1.37. The van der Waals surface area contributed by atoms with E-state index in [2.05, 4.69) is 34.4 Å². The number of pyridine rings is 1. The zero-order valence-electron chi connectivity index (χ0n) is 12.6. The van der Waals surface area contributed by atoms with Crippen LogP contribution >= 0.6 is 0 Å². The van der Waals surface area contributed by atoms with Crippen LogP contribution < -0.4 is 10.6 Å². The summed E-state index contributed by atoms with van der Waals surface area (Å²) in [6, 6.07) is 2.59. The number of carboxylic acid groups (broad SMARTS) is 1. The lowest BCUT2D eigenvalue weighted by Crippen LogP contribution is -2.43. The highest BCUT2D eigenvalue weighted by atomic mass is 16.4. The van der Waals surface area contributed by atoms with Crippen molar-refractivity contribution >= 4 is 17.7 Å². The number of rotatable bonds is 7. The van der Waals surface area contributed by atoms with Crippen LogP contribution in [0.1, 0.15) is 31.3 Å². The fourth-order valence-electron chi connectivity index (χ4n) is 1.97. The van der Waals surface area contributed by atoms with Crippen molar-refractivity contribution in [2.75, 3.05) is 25.0 Å². The third kappa shape index (κ3) is 5.39. The average Bonchev–Trinajstić information content (AvgIpc) is 2.44. The minimum atomic E-state index is -1.18. The molecular formula is C14H22N4O3. The molecule has 0 saturated carbocycles. The number of aromatic carboxylic acids is 1. The van der Waals surface area contributed by atoms with Crippen LogP contribution in [0, 0.1) is 0 Å². The summed E-state index contributed by atoms with van der Waals surface area (Å²) in [5.74, 6) is -1.18. The SMILES string of the molecule is CCN(CC)CC(C)NC(=O)Nc1cccnc1C(=O)O. The van der Waals surface area contributed by atoms with E-state index in [1.165, 1.54) is 12.3 Å². The second kappa shape index (κ2) is 8.21. The van der Waals surface area contributed by atoms with Gasteiger partial charge in [-0.3, -0.25) is 0 Å². The Morgan fingerprint density at radius 2 is 2.05 bits per heavy atom. The highest BCUT2D eigenvalue weighted by Crippen LogP contribution is 2.11. The van der Waals surface area contributed by atoms with Crippen LogP contribution in [0.4, 0.5) is 10.5 Å². The van der Waals surface area contributed by atoms with Crippen molar-refractivity contribution in [1.82, 2.24) is 15.2 Å². The Hall–Kier alpha value is -2.15. The van der Waals surface area contributed by atoms with Crippen LogP contribution in [0.15, 0.2) is 18.3 Å². The minimum Gasteiger partial charge on any atom is -0.476 e. The molecule has 3 N–H and O–H groups in total. The number of likely N-dealkylation sites (N-methyl/N-ethyl adjacent to an activating group) is 1. The number of nitrogens with zero attached hydrogens (tertiary/aromatic N) is 2. The molecule has 0 aliphatic rings. The van der Waals surface area contributed by atoms with E-state index in [1.807, 2.05) is 6.92 Å². The van der Waals surface area contributed by atoms with Crippen molar-refractivity contribution in [3.63, 3.8) is 0 Å². The quantitative estimate of drug-likeness (QED) is 0.710. The van der Waals surface area contributed by atoms with Crippen LogP contribution in [0.5, 0.6) is 0 Å². The van der Waals surface area contributed by atoms with Crippen LogP contribution in [-0.2, 0) is 0 Å². The fourth-order valence-corrected chi connectivity index (χ4v) is 1.97. The lowest BCUT2D eigenvalue weighted by atomic mass is 10.3. The largest absolute Gasteiger partial charge is 0.476 e. The number of carbonyl (C=O) groups excluding carboxylic acids is 1. The second-order valence-corrected chi connectivity index (χ2v) is 4.69. The molecule has 0 bridgehead atoms. The maximum atomic E-state index is 11.9. The van der Waals surface area contributed by atoms with Gasteiger partial charge in [-0.2, -0.15) is 0 Å². The number of urea groups is 1. The van der Waals surface area contributed by atoms with E-state index in [-0.39, 0.29) is 17.4 Å². The molecule has 2 amide bonds. The lowest BCUT2D eigenvalue weighted by molar-refractivity contribution is 0.0691. The molecule has 0 aliphatic carbocycles. The summed E-state index contributed by atoms with van der Waals surface area (Å²) in [5.41, 5.74) is 0.00147. The standard InChI is InChI=1S/C14H22N4O3/c1-4-18(5-2)9-10(3)16-14(21)17-11-7-6-8-15-12(11)13(19)20/h6-8,10H,4-5,9H2,1-3H3,(H,19,20)(H2,16,17,21). The summed E-state index contributed by atoms with van der Waals surface area (Å²) in [4.78, 5) is 28.8. The first-order valence-corrected chi connectivity index (χ1v) is 6.96. The van der Waals surface area contributed by atoms with Gasteiger partial charge >= 0.3 is 12.0 Å². The molecule has 1 unspecified atom stereocenters. The molecule has 0 fully saturated rings. The molecule has 0 saturated heterocycles. The molecule has 1 atom stereocenters. The van der Waals surface area contributed by atoms with E-state index in [4.69, 9.17) is 5.11 Å². The van der Waals surface area contributed by atoms with Gasteiger partial charge in [0, 0.05) is 18.8 Å². The van der Waals surface area contributed by atoms with Crippen LogP contribution in [0.2, 0.25) is 0 Å². The molecule has 116 valence electrons. The van der Waals surface area contributed by atoms with E-state index in [0.717, 1.165) is 19.6 Å². The number of amides is 2. The first-order valence-electron chi connectivity index (χ1n) is 6.96. The zero-order chi connectivity index (χ0) is 15.8. The van der Waals surface area contributed by atoms with Gasteiger partial charge in [0.15, 0.2) is 5.69 Å². The molecule has 0 spiro atoms. The Balaban J connectivity index is 2.60. The van der Waals surface area contributed by atoms with Crippen molar-refractivity contribution in [2.24, 2.45) is 0 Å². The van der Waals surface area contributed by atoms with Crippen molar-refractivity contribution in [3.8, 4) is 0 Å². The molecule has 1 aromatic heterocycles. The maximum absolute atomic E-state index is 11.9. The van der Waals surface area contributed by atoms with Gasteiger partial charge in [-0.05, 0) is 32.1 Å². The monoisotopic (exact) mass is 294 g/mol. The molecule has 0 radical (unpaired) electrons. The number of carboxylic acids is 1. The van der Waals surface area contributed by atoms with Gasteiger partial charge in [0.05, 0.1) is 5.69 Å². The highest BCUT2D eigenvalue weighted by Gasteiger charge is 2.15. The Kier molecular flexibility index (Phi) is 6.61. The van der Waals surface area contributed by atoms with Gasteiger partial charge in [0.1, 0.15) is 0 Å². The first-order chi connectivity index (χ1) is 9.97. The van der Waals surface area contributed by atoms with E-state index >= 15 is 0 Å². The van der Waals surface area contributed by atoms with Gasteiger partial charge < -0.3 is 20.6 Å². The normalized spacial score (nSPS) is 12.0. The molecule has 1 rings (SSSR count). The van der Waals surface area contributed by atoms with Crippen LogP contribution in [-0.4, -0.2) is 52.7 Å². The Bertz CT molecular complexity index is 489. The first kappa shape index (κ1) is 16.9. The third-order valence-electron chi connectivity index (χ3n) is 3.06. The predicted octanol–water partition coefficient (Wildman–Crippen LogP) is 1.63. The number of hydrogen-bond donors (Lipinski definition) is 3. The molecule has 21 heavy (non-hydrogen) atoms. The number of nitrogens with one attached hydrogen (secondary N) is 2. The van der Waals surface area contributed by atoms with Gasteiger partial charge in [-0.15, -0.1) is 0 Å². The number of hydrogen-bond acceptors (Lipinski definition) is 4.